The third-order valence-electron chi connectivity index (χ3n) is 5.04. The van der Waals surface area contributed by atoms with E-state index in [4.69, 9.17) is 9.97 Å². The van der Waals surface area contributed by atoms with Gasteiger partial charge >= 0.3 is 0 Å². The number of carbonyl (C=O) groups excluding carboxylic acids is 1. The number of rotatable bonds is 10. The molecule has 3 heterocycles. The van der Waals surface area contributed by atoms with Gasteiger partial charge in [0.1, 0.15) is 11.3 Å². The molecule has 1 fully saturated rings. The van der Waals surface area contributed by atoms with Gasteiger partial charge in [-0.05, 0) is 43.4 Å². The summed E-state index contributed by atoms with van der Waals surface area (Å²) in [5.74, 6) is 1.26. The van der Waals surface area contributed by atoms with Crippen LogP contribution in [0.25, 0.3) is 21.6 Å². The number of aromatic nitrogens is 3. The number of nitrogens with one attached hydrogen (secondary N) is 2. The van der Waals surface area contributed by atoms with E-state index in [1.54, 1.807) is 18.5 Å². The Labute approximate surface area is 185 Å². The normalized spacial score (nSPS) is 13.7. The molecule has 3 aromatic heterocycles. The molecular weight excluding hydrogens is 406 g/mol. The number of amides is 1. The topological polar surface area (TPSA) is 79.8 Å². The summed E-state index contributed by atoms with van der Waals surface area (Å²) in [5, 5.41) is 8.39. The summed E-state index contributed by atoms with van der Waals surface area (Å²) in [6.07, 6.45) is 12.9. The van der Waals surface area contributed by atoms with Gasteiger partial charge in [0, 0.05) is 35.9 Å². The third-order valence-corrected chi connectivity index (χ3v) is 6.02. The first-order chi connectivity index (χ1) is 15.2. The molecule has 0 aliphatic heterocycles. The van der Waals surface area contributed by atoms with E-state index in [-0.39, 0.29) is 5.91 Å². The summed E-state index contributed by atoms with van der Waals surface area (Å²) in [4.78, 5) is 26.3. The van der Waals surface area contributed by atoms with Crippen molar-refractivity contribution in [2.75, 3.05) is 11.9 Å². The van der Waals surface area contributed by atoms with Gasteiger partial charge in [-0.25, -0.2) is 9.97 Å². The molecule has 1 aliphatic carbocycles. The lowest BCUT2D eigenvalue weighted by Gasteiger charge is -2.10. The summed E-state index contributed by atoms with van der Waals surface area (Å²) in [7, 11) is 0. The van der Waals surface area contributed by atoms with Gasteiger partial charge in [-0.15, -0.1) is 11.3 Å². The van der Waals surface area contributed by atoms with Crippen molar-refractivity contribution in [3.8, 4) is 11.4 Å². The fraction of sp³-hybridized carbons (Fsp3) is 0.250. The van der Waals surface area contributed by atoms with Crippen LogP contribution in [-0.2, 0) is 0 Å². The van der Waals surface area contributed by atoms with E-state index in [9.17, 15) is 4.79 Å². The summed E-state index contributed by atoms with van der Waals surface area (Å²) >= 11 is 1.50. The molecule has 0 aromatic carbocycles. The monoisotopic (exact) mass is 431 g/mol. The first-order valence-electron chi connectivity index (χ1n) is 10.4. The number of pyridine rings is 1. The van der Waals surface area contributed by atoms with Gasteiger partial charge in [-0.2, -0.15) is 0 Å². The second kappa shape index (κ2) is 9.66. The fourth-order valence-corrected chi connectivity index (χ4v) is 4.18. The SMILES string of the molecule is C=C/C=C(\C=C)CCCNc1nc(-c2ccncc2)nc2c(C(=O)NC3CC3)csc12. The molecule has 1 saturated carbocycles. The standard InChI is InChI=1S/C24H25N5OS/c1-3-6-16(4-2)7-5-12-26-23-21-20(19(15-31-21)24(30)27-18-8-9-18)28-22(29-23)17-10-13-25-14-11-17/h3-4,6,10-11,13-15,18H,1-2,5,7-9,12H2,(H,27,30)(H,26,28,29)/b16-6+. The highest BCUT2D eigenvalue weighted by molar-refractivity contribution is 7.18. The molecule has 3 aromatic rings. The molecule has 4 rings (SSSR count). The first-order valence-corrected chi connectivity index (χ1v) is 11.3. The second-order valence-electron chi connectivity index (χ2n) is 7.42. The van der Waals surface area contributed by atoms with Gasteiger partial charge in [0.25, 0.3) is 5.91 Å². The summed E-state index contributed by atoms with van der Waals surface area (Å²) in [6.45, 7) is 8.33. The number of fused-ring (bicyclic) bond motifs is 1. The number of allylic oxidation sites excluding steroid dienone is 4. The van der Waals surface area contributed by atoms with Crippen molar-refractivity contribution in [1.82, 2.24) is 20.3 Å². The second-order valence-corrected chi connectivity index (χ2v) is 8.30. The van der Waals surface area contributed by atoms with Crippen LogP contribution in [-0.4, -0.2) is 33.4 Å². The van der Waals surface area contributed by atoms with E-state index in [1.807, 2.05) is 29.7 Å². The Balaban J connectivity index is 1.62. The highest BCUT2D eigenvalue weighted by Gasteiger charge is 2.26. The van der Waals surface area contributed by atoms with E-state index in [0.717, 1.165) is 53.9 Å². The maximum absolute atomic E-state index is 12.7. The molecule has 0 bridgehead atoms. The Morgan fingerprint density at radius 1 is 1.23 bits per heavy atom. The van der Waals surface area contributed by atoms with Gasteiger partial charge in [0.15, 0.2) is 5.82 Å². The minimum atomic E-state index is -0.0655. The van der Waals surface area contributed by atoms with E-state index in [0.29, 0.717) is 22.9 Å². The molecule has 31 heavy (non-hydrogen) atoms. The predicted molar refractivity (Wildman–Crippen MR) is 127 cm³/mol. The molecule has 7 heteroatoms. The van der Waals surface area contributed by atoms with Crippen molar-refractivity contribution in [2.45, 2.75) is 31.7 Å². The largest absolute Gasteiger partial charge is 0.369 e. The highest BCUT2D eigenvalue weighted by Crippen LogP contribution is 2.33. The molecule has 0 atom stereocenters. The van der Waals surface area contributed by atoms with Crippen molar-refractivity contribution in [1.29, 1.82) is 0 Å². The van der Waals surface area contributed by atoms with Crippen LogP contribution in [0.4, 0.5) is 5.82 Å². The number of anilines is 1. The van der Waals surface area contributed by atoms with E-state index >= 15 is 0 Å². The van der Waals surface area contributed by atoms with Crippen LogP contribution in [0, 0.1) is 0 Å². The summed E-state index contributed by atoms with van der Waals surface area (Å²) < 4.78 is 0.893. The summed E-state index contributed by atoms with van der Waals surface area (Å²) in [6, 6.07) is 4.04. The molecule has 1 aliphatic rings. The van der Waals surface area contributed by atoms with Gasteiger partial charge in [0.05, 0.1) is 10.3 Å². The lowest BCUT2D eigenvalue weighted by Crippen LogP contribution is -2.25. The number of carbonyl (C=O) groups is 1. The quantitative estimate of drug-likeness (QED) is 0.343. The number of hydrogen-bond acceptors (Lipinski definition) is 6. The van der Waals surface area contributed by atoms with Crippen molar-refractivity contribution in [3.63, 3.8) is 0 Å². The predicted octanol–water partition coefficient (Wildman–Crippen LogP) is 5.14. The Hall–Kier alpha value is -3.32. The smallest absolute Gasteiger partial charge is 0.254 e. The van der Waals surface area contributed by atoms with E-state index in [2.05, 4.69) is 28.8 Å². The van der Waals surface area contributed by atoms with Crippen molar-refractivity contribution >= 4 is 33.3 Å². The molecule has 158 valence electrons. The molecule has 6 nitrogen and oxygen atoms in total. The Morgan fingerprint density at radius 2 is 2.03 bits per heavy atom. The van der Waals surface area contributed by atoms with Crippen LogP contribution in [0.1, 0.15) is 36.0 Å². The minimum absolute atomic E-state index is 0.0655. The third kappa shape index (κ3) is 5.06. The van der Waals surface area contributed by atoms with Crippen molar-refractivity contribution < 1.29 is 4.79 Å². The molecule has 2 N–H and O–H groups in total. The van der Waals surface area contributed by atoms with Gasteiger partial charge in [0.2, 0.25) is 0 Å². The maximum Gasteiger partial charge on any atom is 0.254 e. The zero-order valence-electron chi connectivity index (χ0n) is 17.3. The van der Waals surface area contributed by atoms with Crippen molar-refractivity contribution in [3.05, 3.63) is 72.4 Å². The molecule has 0 spiro atoms. The van der Waals surface area contributed by atoms with Crippen LogP contribution in [0.5, 0.6) is 0 Å². The number of hydrogen-bond donors (Lipinski definition) is 2. The molecule has 0 saturated heterocycles. The summed E-state index contributed by atoms with van der Waals surface area (Å²) in [5.41, 5.74) is 3.31. The zero-order valence-corrected chi connectivity index (χ0v) is 18.1. The van der Waals surface area contributed by atoms with Crippen LogP contribution >= 0.6 is 11.3 Å². The van der Waals surface area contributed by atoms with E-state index < -0.39 is 0 Å². The zero-order chi connectivity index (χ0) is 21.6. The Morgan fingerprint density at radius 3 is 2.74 bits per heavy atom. The van der Waals surface area contributed by atoms with Crippen molar-refractivity contribution in [2.24, 2.45) is 0 Å². The van der Waals surface area contributed by atoms with E-state index in [1.165, 1.54) is 11.3 Å². The van der Waals surface area contributed by atoms with Crippen LogP contribution in [0.2, 0.25) is 0 Å². The molecular formula is C24H25N5OS. The van der Waals surface area contributed by atoms with Gasteiger partial charge < -0.3 is 10.6 Å². The average Bonchev–Trinajstić information content (AvgIpc) is 3.50. The maximum atomic E-state index is 12.7. The lowest BCUT2D eigenvalue weighted by molar-refractivity contribution is 0.0953. The fourth-order valence-electron chi connectivity index (χ4n) is 3.22. The average molecular weight is 432 g/mol. The molecule has 0 unspecified atom stereocenters. The first kappa shape index (κ1) is 20.9. The Bertz CT molecular complexity index is 1130. The Kier molecular flexibility index (Phi) is 6.52. The minimum Gasteiger partial charge on any atom is -0.369 e. The number of thiophene rings is 1. The van der Waals surface area contributed by atoms with Crippen LogP contribution in [0.15, 0.2) is 66.9 Å². The van der Waals surface area contributed by atoms with Gasteiger partial charge in [-0.1, -0.05) is 31.4 Å². The number of nitrogens with zero attached hydrogens (tertiary/aromatic N) is 3. The van der Waals surface area contributed by atoms with Crippen LogP contribution < -0.4 is 10.6 Å². The highest BCUT2D eigenvalue weighted by atomic mass is 32.1. The van der Waals surface area contributed by atoms with Gasteiger partial charge in [-0.3, -0.25) is 9.78 Å². The molecule has 0 radical (unpaired) electrons. The van der Waals surface area contributed by atoms with Crippen LogP contribution in [0.3, 0.4) is 0 Å². The lowest BCUT2D eigenvalue weighted by atomic mass is 10.1. The molecule has 1 amide bonds.